The van der Waals surface area contributed by atoms with Crippen LogP contribution in [-0.2, 0) is 4.74 Å². The third kappa shape index (κ3) is 2.66. The van der Waals surface area contributed by atoms with Crippen molar-refractivity contribution in [1.29, 1.82) is 0 Å². The molecule has 2 heterocycles. The fourth-order valence-electron chi connectivity index (χ4n) is 2.24. The van der Waals surface area contributed by atoms with Gasteiger partial charge >= 0.3 is 0 Å². The summed E-state index contributed by atoms with van der Waals surface area (Å²) in [7, 11) is 0. The molecule has 1 saturated heterocycles. The van der Waals surface area contributed by atoms with Gasteiger partial charge in [0.15, 0.2) is 11.4 Å². The van der Waals surface area contributed by atoms with Crippen LogP contribution in [0.15, 0.2) is 0 Å². The van der Waals surface area contributed by atoms with E-state index in [2.05, 4.69) is 30.7 Å². The first-order chi connectivity index (χ1) is 7.91. The Morgan fingerprint density at radius 2 is 2.29 bits per heavy atom. The monoisotopic (exact) mass is 254 g/mol. The molecule has 0 radical (unpaired) electrons. The highest BCUT2D eigenvalue weighted by Crippen LogP contribution is 2.30. The second kappa shape index (κ2) is 4.38. The first-order valence-electron chi connectivity index (χ1n) is 5.76. The highest BCUT2D eigenvalue weighted by atomic mass is 32.1. The van der Waals surface area contributed by atoms with Gasteiger partial charge in [-0.2, -0.15) is 0 Å². The zero-order chi connectivity index (χ0) is 12.6. The zero-order valence-corrected chi connectivity index (χ0v) is 11.5. The molecule has 0 aromatic carbocycles. The molecule has 94 valence electrons. The van der Waals surface area contributed by atoms with Crippen LogP contribution in [0.4, 0.5) is 5.13 Å². The van der Waals surface area contributed by atoms with E-state index >= 15 is 0 Å². The van der Waals surface area contributed by atoms with Crippen molar-refractivity contribution in [2.75, 3.05) is 18.0 Å². The van der Waals surface area contributed by atoms with E-state index in [1.165, 1.54) is 11.3 Å². The maximum Gasteiger partial charge on any atom is 0.186 e. The van der Waals surface area contributed by atoms with Gasteiger partial charge in [-0.05, 0) is 27.7 Å². The molecular weight excluding hydrogens is 236 g/mol. The maximum absolute atomic E-state index is 10.8. The largest absolute Gasteiger partial charge is 0.369 e. The van der Waals surface area contributed by atoms with Gasteiger partial charge in [-0.25, -0.2) is 4.98 Å². The van der Waals surface area contributed by atoms with E-state index in [-0.39, 0.29) is 11.7 Å². The Balaban J connectivity index is 2.23. The van der Waals surface area contributed by atoms with Crippen molar-refractivity contribution in [2.45, 2.75) is 39.4 Å². The predicted molar refractivity (Wildman–Crippen MR) is 69.1 cm³/mol. The predicted octanol–water partition coefficient (Wildman–Crippen LogP) is 2.27. The first kappa shape index (κ1) is 12.5. The molecule has 1 unspecified atom stereocenters. The molecule has 0 amide bonds. The molecule has 1 aromatic rings. The number of ether oxygens (including phenoxy) is 1. The van der Waals surface area contributed by atoms with Gasteiger partial charge in [0, 0.05) is 13.1 Å². The van der Waals surface area contributed by atoms with Gasteiger partial charge in [-0.1, -0.05) is 11.3 Å². The minimum Gasteiger partial charge on any atom is -0.369 e. The Kier molecular flexibility index (Phi) is 3.23. The summed E-state index contributed by atoms with van der Waals surface area (Å²) in [5.74, 6) is 0. The summed E-state index contributed by atoms with van der Waals surface area (Å²) < 4.78 is 5.85. The van der Waals surface area contributed by atoms with E-state index in [9.17, 15) is 4.79 Å². The van der Waals surface area contributed by atoms with Gasteiger partial charge in [0.25, 0.3) is 0 Å². The number of aldehydes is 1. The Morgan fingerprint density at radius 1 is 1.59 bits per heavy atom. The lowest BCUT2D eigenvalue weighted by molar-refractivity contribution is -0.0749. The van der Waals surface area contributed by atoms with E-state index < -0.39 is 0 Å². The summed E-state index contributed by atoms with van der Waals surface area (Å²) in [5, 5.41) is 0.924. The molecule has 17 heavy (non-hydrogen) atoms. The minimum absolute atomic E-state index is 0.168. The highest BCUT2D eigenvalue weighted by molar-refractivity contribution is 7.17. The molecule has 1 fully saturated rings. The molecule has 1 aliphatic rings. The minimum atomic E-state index is -0.168. The molecule has 4 nitrogen and oxygen atoms in total. The van der Waals surface area contributed by atoms with Gasteiger partial charge < -0.3 is 9.64 Å². The van der Waals surface area contributed by atoms with Crippen molar-refractivity contribution in [2.24, 2.45) is 0 Å². The fourth-order valence-corrected chi connectivity index (χ4v) is 3.13. The number of rotatable bonds is 2. The van der Waals surface area contributed by atoms with Gasteiger partial charge in [0.2, 0.25) is 0 Å². The lowest BCUT2D eigenvalue weighted by Crippen LogP contribution is -2.52. The van der Waals surface area contributed by atoms with Crippen LogP contribution in [0, 0.1) is 6.92 Å². The Hall–Kier alpha value is -0.940. The third-order valence-corrected chi connectivity index (χ3v) is 3.91. The number of aromatic nitrogens is 1. The molecule has 1 aromatic heterocycles. The van der Waals surface area contributed by atoms with Crippen molar-refractivity contribution in [1.82, 2.24) is 4.98 Å². The summed E-state index contributed by atoms with van der Waals surface area (Å²) in [6, 6.07) is 0. The van der Waals surface area contributed by atoms with E-state index in [0.717, 1.165) is 35.1 Å². The van der Waals surface area contributed by atoms with E-state index in [4.69, 9.17) is 4.74 Å². The summed E-state index contributed by atoms with van der Waals surface area (Å²) in [6.07, 6.45) is 1.06. The molecule has 1 atom stereocenters. The average Bonchev–Trinajstić information content (AvgIpc) is 2.56. The molecule has 0 spiro atoms. The standard InChI is InChI=1S/C12H18N2O2S/c1-8-5-14(7-12(3,4)16-8)11-13-9(2)10(6-15)17-11/h6,8H,5,7H2,1-4H3. The van der Waals surface area contributed by atoms with Crippen LogP contribution in [0.2, 0.25) is 0 Å². The van der Waals surface area contributed by atoms with Crippen molar-refractivity contribution >= 4 is 22.8 Å². The molecule has 2 rings (SSSR count). The van der Waals surface area contributed by atoms with Crippen LogP contribution >= 0.6 is 11.3 Å². The molecule has 0 aliphatic carbocycles. The lowest BCUT2D eigenvalue weighted by Gasteiger charge is -2.41. The van der Waals surface area contributed by atoms with Gasteiger partial charge in [0.05, 0.1) is 22.3 Å². The van der Waals surface area contributed by atoms with Gasteiger partial charge in [-0.3, -0.25) is 4.79 Å². The molecule has 0 saturated carbocycles. The van der Waals surface area contributed by atoms with E-state index in [1.54, 1.807) is 0 Å². The first-order valence-corrected chi connectivity index (χ1v) is 6.58. The Bertz CT molecular complexity index is 428. The number of anilines is 1. The van der Waals surface area contributed by atoms with Crippen molar-refractivity contribution in [3.8, 4) is 0 Å². The SMILES string of the molecule is Cc1nc(N2CC(C)OC(C)(C)C2)sc1C=O. The van der Waals surface area contributed by atoms with Gasteiger partial charge in [-0.15, -0.1) is 0 Å². The second-order valence-corrected chi connectivity index (χ2v) is 6.14. The zero-order valence-electron chi connectivity index (χ0n) is 10.7. The van der Waals surface area contributed by atoms with E-state index in [0.29, 0.717) is 0 Å². The number of carbonyl (C=O) groups excluding carboxylic acids is 1. The smallest absolute Gasteiger partial charge is 0.186 e. The Labute approximate surface area is 106 Å². The number of hydrogen-bond acceptors (Lipinski definition) is 5. The summed E-state index contributed by atoms with van der Waals surface area (Å²) >= 11 is 1.46. The number of hydrogen-bond donors (Lipinski definition) is 0. The maximum atomic E-state index is 10.8. The Morgan fingerprint density at radius 3 is 2.82 bits per heavy atom. The molecule has 0 bridgehead atoms. The van der Waals surface area contributed by atoms with Crippen LogP contribution in [0.3, 0.4) is 0 Å². The second-order valence-electron chi connectivity index (χ2n) is 5.13. The fraction of sp³-hybridized carbons (Fsp3) is 0.667. The van der Waals surface area contributed by atoms with E-state index in [1.807, 2.05) is 6.92 Å². The van der Waals surface area contributed by atoms with Crippen molar-refractivity contribution in [3.05, 3.63) is 10.6 Å². The summed E-state index contributed by atoms with van der Waals surface area (Å²) in [4.78, 5) is 18.2. The van der Waals surface area contributed by atoms with Crippen molar-refractivity contribution < 1.29 is 9.53 Å². The molecule has 5 heteroatoms. The number of carbonyl (C=O) groups is 1. The highest BCUT2D eigenvalue weighted by Gasteiger charge is 2.32. The van der Waals surface area contributed by atoms with Crippen LogP contribution in [0.5, 0.6) is 0 Å². The molecule has 1 aliphatic heterocycles. The van der Waals surface area contributed by atoms with Crippen LogP contribution in [0.1, 0.15) is 36.1 Å². The number of aryl methyl sites for hydroxylation is 1. The third-order valence-electron chi connectivity index (χ3n) is 2.77. The number of nitrogens with zero attached hydrogens (tertiary/aromatic N) is 2. The van der Waals surface area contributed by atoms with Crippen molar-refractivity contribution in [3.63, 3.8) is 0 Å². The van der Waals surface area contributed by atoms with Crippen LogP contribution in [-0.4, -0.2) is 36.1 Å². The van der Waals surface area contributed by atoms with Crippen LogP contribution < -0.4 is 4.90 Å². The number of morpholine rings is 1. The van der Waals surface area contributed by atoms with Gasteiger partial charge in [0.1, 0.15) is 0 Å². The molecule has 0 N–H and O–H groups in total. The van der Waals surface area contributed by atoms with Crippen LogP contribution in [0.25, 0.3) is 0 Å². The normalized spacial score (nSPS) is 23.8. The summed E-state index contributed by atoms with van der Waals surface area (Å²) in [5.41, 5.74) is 0.649. The quantitative estimate of drug-likeness (QED) is 0.759. The summed E-state index contributed by atoms with van der Waals surface area (Å²) in [6.45, 7) is 9.73. The lowest BCUT2D eigenvalue weighted by atomic mass is 10.1. The topological polar surface area (TPSA) is 42.4 Å². The molecular formula is C12H18N2O2S. The average molecular weight is 254 g/mol. The number of thiazole rings is 1.